The minimum absolute atomic E-state index is 0.229. The van der Waals surface area contributed by atoms with Gasteiger partial charge in [-0.3, -0.25) is 4.79 Å². The average Bonchev–Trinajstić information content (AvgIpc) is 2.40. The average molecular weight is 317 g/mol. The summed E-state index contributed by atoms with van der Waals surface area (Å²) in [4.78, 5) is 23.1. The summed E-state index contributed by atoms with van der Waals surface area (Å²) in [5.74, 6) is 0.936. The van der Waals surface area contributed by atoms with Gasteiger partial charge in [0, 0.05) is 6.54 Å². The number of carbonyl (C=O) groups excluding carboxylic acids is 2. The van der Waals surface area contributed by atoms with E-state index in [9.17, 15) is 14.7 Å². The summed E-state index contributed by atoms with van der Waals surface area (Å²) in [6.45, 7) is 2.34. The van der Waals surface area contributed by atoms with Crippen molar-refractivity contribution in [3.8, 4) is 0 Å². The first kappa shape index (κ1) is 18.1. The summed E-state index contributed by atoms with van der Waals surface area (Å²) >= 11 is 1.60. The van der Waals surface area contributed by atoms with Crippen LogP contribution >= 0.6 is 11.8 Å². The van der Waals surface area contributed by atoms with E-state index in [1.54, 1.807) is 11.8 Å². The van der Waals surface area contributed by atoms with E-state index in [1.807, 2.05) is 6.26 Å². The van der Waals surface area contributed by atoms with Gasteiger partial charge in [-0.1, -0.05) is 19.8 Å². The zero-order chi connectivity index (χ0) is 15.9. The van der Waals surface area contributed by atoms with Crippen molar-refractivity contribution < 1.29 is 14.7 Å². The summed E-state index contributed by atoms with van der Waals surface area (Å²) in [6, 6.07) is -1.35. The van der Waals surface area contributed by atoms with Crippen LogP contribution in [-0.4, -0.2) is 47.2 Å². The Morgan fingerprint density at radius 3 is 2.81 bits per heavy atom. The summed E-state index contributed by atoms with van der Waals surface area (Å²) in [5.41, 5.74) is 4.27. The van der Waals surface area contributed by atoms with Crippen molar-refractivity contribution in [2.75, 3.05) is 18.6 Å². The highest BCUT2D eigenvalue weighted by Crippen LogP contribution is 2.31. The first-order valence-electron chi connectivity index (χ1n) is 7.41. The maximum absolute atomic E-state index is 12.1. The number of hydrogen-bond donors (Lipinski definition) is 4. The molecule has 122 valence electrons. The Labute approximate surface area is 130 Å². The molecule has 0 saturated heterocycles. The van der Waals surface area contributed by atoms with Gasteiger partial charge in [0.15, 0.2) is 0 Å². The predicted octanol–water partition coefficient (Wildman–Crippen LogP) is 0.834. The molecule has 1 aliphatic carbocycles. The number of aliphatic hydroxyl groups is 1. The van der Waals surface area contributed by atoms with Crippen LogP contribution in [0.2, 0.25) is 0 Å². The molecule has 21 heavy (non-hydrogen) atoms. The lowest BCUT2D eigenvalue weighted by Gasteiger charge is -2.36. The fraction of sp³-hybridized carbons (Fsp3) is 0.857. The second-order valence-corrected chi connectivity index (χ2v) is 6.97. The molecule has 3 unspecified atom stereocenters. The summed E-state index contributed by atoms with van der Waals surface area (Å²) in [7, 11) is 0. The number of primary amides is 1. The molecule has 0 spiro atoms. The van der Waals surface area contributed by atoms with Gasteiger partial charge in [0.1, 0.15) is 6.04 Å². The smallest absolute Gasteiger partial charge is 0.312 e. The zero-order valence-corrected chi connectivity index (χ0v) is 13.7. The highest BCUT2D eigenvalue weighted by molar-refractivity contribution is 7.98. The lowest BCUT2D eigenvalue weighted by Crippen LogP contribution is -2.53. The van der Waals surface area contributed by atoms with Crippen molar-refractivity contribution in [1.29, 1.82) is 0 Å². The number of nitrogens with one attached hydrogen (secondary N) is 2. The Balaban J connectivity index is 2.49. The van der Waals surface area contributed by atoms with Crippen LogP contribution in [-0.2, 0) is 4.79 Å². The van der Waals surface area contributed by atoms with Gasteiger partial charge >= 0.3 is 6.03 Å². The molecule has 3 atom stereocenters. The van der Waals surface area contributed by atoms with Gasteiger partial charge in [0.2, 0.25) is 5.91 Å². The number of carbonyl (C=O) groups is 2. The Kier molecular flexibility index (Phi) is 7.31. The third kappa shape index (κ3) is 6.56. The van der Waals surface area contributed by atoms with Crippen LogP contribution in [0.5, 0.6) is 0 Å². The molecule has 6 nitrogen and oxygen atoms in total. The fourth-order valence-electron chi connectivity index (χ4n) is 2.84. The van der Waals surface area contributed by atoms with Crippen molar-refractivity contribution >= 4 is 23.7 Å². The van der Waals surface area contributed by atoms with Crippen LogP contribution in [0, 0.1) is 5.92 Å². The zero-order valence-electron chi connectivity index (χ0n) is 12.9. The van der Waals surface area contributed by atoms with Gasteiger partial charge in [-0.25, -0.2) is 4.79 Å². The summed E-state index contributed by atoms with van der Waals surface area (Å²) in [6.07, 6.45) is 5.96. The van der Waals surface area contributed by atoms with Crippen LogP contribution < -0.4 is 16.4 Å². The van der Waals surface area contributed by atoms with E-state index in [-0.39, 0.29) is 12.5 Å². The molecule has 0 heterocycles. The van der Waals surface area contributed by atoms with Crippen LogP contribution in [0.4, 0.5) is 4.79 Å². The topological polar surface area (TPSA) is 104 Å². The van der Waals surface area contributed by atoms with E-state index in [1.165, 1.54) is 0 Å². The molecule has 0 aromatic carbocycles. The lowest BCUT2D eigenvalue weighted by molar-refractivity contribution is -0.124. The number of rotatable bonds is 7. The SMILES string of the molecule is CSCCC(NC(N)=O)C(=O)NCC1(O)CCCC(C)C1. The number of hydrogen-bond acceptors (Lipinski definition) is 4. The molecule has 1 fully saturated rings. The molecule has 3 amide bonds. The minimum Gasteiger partial charge on any atom is -0.388 e. The van der Waals surface area contributed by atoms with E-state index in [4.69, 9.17) is 5.73 Å². The van der Waals surface area contributed by atoms with Gasteiger partial charge in [0.05, 0.1) is 5.60 Å². The van der Waals surface area contributed by atoms with Crippen LogP contribution in [0.25, 0.3) is 0 Å². The molecular formula is C14H27N3O3S. The molecular weight excluding hydrogens is 290 g/mol. The van der Waals surface area contributed by atoms with E-state index < -0.39 is 17.7 Å². The summed E-state index contributed by atoms with van der Waals surface area (Å²) in [5, 5.41) is 15.7. The fourth-order valence-corrected chi connectivity index (χ4v) is 3.32. The molecule has 1 saturated carbocycles. The molecule has 0 aliphatic heterocycles. The summed E-state index contributed by atoms with van der Waals surface area (Å²) < 4.78 is 0. The third-order valence-corrected chi connectivity index (χ3v) is 4.55. The number of thioether (sulfide) groups is 1. The van der Waals surface area contributed by atoms with E-state index >= 15 is 0 Å². The molecule has 1 aliphatic rings. The van der Waals surface area contributed by atoms with Crippen LogP contribution in [0.1, 0.15) is 39.0 Å². The first-order valence-corrected chi connectivity index (χ1v) is 8.80. The van der Waals surface area contributed by atoms with Crippen molar-refractivity contribution in [3.05, 3.63) is 0 Å². The maximum Gasteiger partial charge on any atom is 0.312 e. The Hall–Kier alpha value is -0.950. The molecule has 0 aromatic rings. The van der Waals surface area contributed by atoms with Gasteiger partial charge in [-0.15, -0.1) is 0 Å². The molecule has 5 N–H and O–H groups in total. The monoisotopic (exact) mass is 317 g/mol. The Morgan fingerprint density at radius 1 is 1.52 bits per heavy atom. The normalized spacial score (nSPS) is 26.9. The third-order valence-electron chi connectivity index (χ3n) is 3.90. The second kappa shape index (κ2) is 8.48. The number of amides is 3. The molecule has 0 aromatic heterocycles. The highest BCUT2D eigenvalue weighted by Gasteiger charge is 2.33. The first-order chi connectivity index (χ1) is 9.86. The van der Waals surface area contributed by atoms with Gasteiger partial charge in [0.25, 0.3) is 0 Å². The second-order valence-electron chi connectivity index (χ2n) is 5.99. The van der Waals surface area contributed by atoms with Crippen molar-refractivity contribution in [3.63, 3.8) is 0 Å². The quantitative estimate of drug-likeness (QED) is 0.558. The molecule has 0 radical (unpaired) electrons. The largest absolute Gasteiger partial charge is 0.388 e. The van der Waals surface area contributed by atoms with E-state index in [0.717, 1.165) is 18.6 Å². The van der Waals surface area contributed by atoms with Gasteiger partial charge < -0.3 is 21.5 Å². The Morgan fingerprint density at radius 2 is 2.24 bits per heavy atom. The molecule has 7 heteroatoms. The van der Waals surface area contributed by atoms with E-state index in [2.05, 4.69) is 17.6 Å². The lowest BCUT2D eigenvalue weighted by atomic mass is 9.79. The maximum atomic E-state index is 12.1. The van der Waals surface area contributed by atoms with E-state index in [0.29, 0.717) is 25.2 Å². The van der Waals surface area contributed by atoms with Crippen molar-refractivity contribution in [1.82, 2.24) is 10.6 Å². The highest BCUT2D eigenvalue weighted by atomic mass is 32.2. The minimum atomic E-state index is -0.829. The van der Waals surface area contributed by atoms with Gasteiger partial charge in [-0.2, -0.15) is 11.8 Å². The van der Waals surface area contributed by atoms with Crippen LogP contribution in [0.3, 0.4) is 0 Å². The molecule has 0 bridgehead atoms. The molecule has 1 rings (SSSR count). The standard InChI is InChI=1S/C14H27N3O3S/c1-10-4-3-6-14(20,8-10)9-16-12(18)11(5-7-21-2)17-13(15)19/h10-11,20H,3-9H2,1-2H3,(H,16,18)(H3,15,17,19). The number of urea groups is 1. The van der Waals surface area contributed by atoms with Crippen molar-refractivity contribution in [2.24, 2.45) is 11.7 Å². The number of nitrogens with two attached hydrogens (primary N) is 1. The van der Waals surface area contributed by atoms with Crippen LogP contribution in [0.15, 0.2) is 0 Å². The van der Waals surface area contributed by atoms with Crippen molar-refractivity contribution in [2.45, 2.75) is 50.7 Å². The predicted molar refractivity (Wildman–Crippen MR) is 85.1 cm³/mol. The Bertz CT molecular complexity index is 367. The van der Waals surface area contributed by atoms with Gasteiger partial charge in [-0.05, 0) is 37.2 Å².